The predicted octanol–water partition coefficient (Wildman–Crippen LogP) is 1.18. The van der Waals surface area contributed by atoms with Gasteiger partial charge in [0.15, 0.2) is 5.78 Å². The second kappa shape index (κ2) is 4.28. The first-order valence-corrected chi connectivity index (χ1v) is 4.72. The summed E-state index contributed by atoms with van der Waals surface area (Å²) in [6.45, 7) is 3.82. The van der Waals surface area contributed by atoms with Crippen LogP contribution in [-0.4, -0.2) is 21.3 Å². The van der Waals surface area contributed by atoms with Gasteiger partial charge in [0, 0.05) is 12.4 Å². The van der Waals surface area contributed by atoms with Gasteiger partial charge in [-0.1, -0.05) is 13.8 Å². The molecule has 1 heterocycles. The number of carbonyl (C=O) groups excluding carboxylic acids is 1. The fourth-order valence-electron chi connectivity index (χ4n) is 1.27. The first-order chi connectivity index (χ1) is 6.64. The first kappa shape index (κ1) is 10.8. The van der Waals surface area contributed by atoms with E-state index < -0.39 is 5.54 Å². The summed E-state index contributed by atoms with van der Waals surface area (Å²) in [7, 11) is 0. The van der Waals surface area contributed by atoms with Gasteiger partial charge in [0.25, 0.3) is 0 Å². The van der Waals surface area contributed by atoms with Crippen molar-refractivity contribution >= 4 is 5.78 Å². The van der Waals surface area contributed by atoms with Gasteiger partial charge in [-0.05, 0) is 12.8 Å². The van der Waals surface area contributed by atoms with Crippen LogP contribution in [0.3, 0.4) is 0 Å². The third-order valence-corrected chi connectivity index (χ3v) is 2.54. The fourth-order valence-corrected chi connectivity index (χ4v) is 1.27. The highest BCUT2D eigenvalue weighted by Crippen LogP contribution is 2.17. The van der Waals surface area contributed by atoms with E-state index >= 15 is 0 Å². The van der Waals surface area contributed by atoms with Crippen LogP contribution in [0.15, 0.2) is 18.7 Å². The van der Waals surface area contributed by atoms with E-state index in [-0.39, 0.29) is 5.78 Å². The average molecular weight is 193 g/mol. The van der Waals surface area contributed by atoms with Gasteiger partial charge < -0.3 is 5.73 Å². The van der Waals surface area contributed by atoms with Crippen molar-refractivity contribution in [2.45, 2.75) is 32.2 Å². The molecule has 14 heavy (non-hydrogen) atoms. The van der Waals surface area contributed by atoms with Gasteiger partial charge in [0.1, 0.15) is 6.33 Å². The highest BCUT2D eigenvalue weighted by atomic mass is 16.1. The van der Waals surface area contributed by atoms with Gasteiger partial charge in [0.05, 0.1) is 11.1 Å². The van der Waals surface area contributed by atoms with Crippen molar-refractivity contribution in [1.29, 1.82) is 0 Å². The zero-order chi connectivity index (χ0) is 10.6. The van der Waals surface area contributed by atoms with Crippen molar-refractivity contribution in [2.75, 3.05) is 0 Å². The maximum atomic E-state index is 11.9. The number of hydrogen-bond acceptors (Lipinski definition) is 4. The molecule has 76 valence electrons. The molecule has 4 nitrogen and oxygen atoms in total. The highest BCUT2D eigenvalue weighted by Gasteiger charge is 2.30. The molecule has 0 saturated carbocycles. The number of rotatable bonds is 4. The van der Waals surface area contributed by atoms with E-state index in [2.05, 4.69) is 9.97 Å². The first-order valence-electron chi connectivity index (χ1n) is 4.72. The number of hydrogen-bond donors (Lipinski definition) is 1. The van der Waals surface area contributed by atoms with Crippen LogP contribution in [0.5, 0.6) is 0 Å². The van der Waals surface area contributed by atoms with Gasteiger partial charge >= 0.3 is 0 Å². The normalized spacial score (nSPS) is 11.4. The molecule has 0 atom stereocenters. The van der Waals surface area contributed by atoms with E-state index in [0.717, 1.165) is 0 Å². The van der Waals surface area contributed by atoms with Crippen LogP contribution in [0.25, 0.3) is 0 Å². The Labute approximate surface area is 83.6 Å². The molecule has 0 unspecified atom stereocenters. The van der Waals surface area contributed by atoms with Gasteiger partial charge in [0.2, 0.25) is 0 Å². The molecule has 1 rings (SSSR count). The van der Waals surface area contributed by atoms with Crippen molar-refractivity contribution in [3.8, 4) is 0 Å². The van der Waals surface area contributed by atoms with Gasteiger partial charge in [-0.3, -0.25) is 4.79 Å². The molecular weight excluding hydrogens is 178 g/mol. The van der Waals surface area contributed by atoms with Crippen LogP contribution in [0.4, 0.5) is 0 Å². The molecule has 2 N–H and O–H groups in total. The minimum atomic E-state index is -0.773. The Bertz CT molecular complexity index is 306. The molecule has 0 bridgehead atoms. The molecule has 1 aromatic rings. The third-order valence-electron chi connectivity index (χ3n) is 2.54. The van der Waals surface area contributed by atoms with E-state index in [9.17, 15) is 4.79 Å². The lowest BCUT2D eigenvalue weighted by atomic mass is 9.86. The number of ketones is 1. The van der Waals surface area contributed by atoms with E-state index in [1.54, 1.807) is 0 Å². The van der Waals surface area contributed by atoms with Crippen molar-refractivity contribution in [1.82, 2.24) is 9.97 Å². The minimum Gasteiger partial charge on any atom is -0.319 e. The van der Waals surface area contributed by atoms with Crippen LogP contribution in [0.2, 0.25) is 0 Å². The SMILES string of the molecule is CCC(N)(CC)C(=O)c1cncnc1. The zero-order valence-corrected chi connectivity index (χ0v) is 8.53. The van der Waals surface area contributed by atoms with Crippen molar-refractivity contribution < 1.29 is 4.79 Å². The smallest absolute Gasteiger partial charge is 0.185 e. The lowest BCUT2D eigenvalue weighted by Gasteiger charge is -2.24. The number of Topliss-reactive ketones (excluding diaryl/α,β-unsaturated/α-hetero) is 1. The summed E-state index contributed by atoms with van der Waals surface area (Å²) < 4.78 is 0. The molecule has 0 aliphatic heterocycles. The van der Waals surface area contributed by atoms with E-state index in [1.807, 2.05) is 13.8 Å². The van der Waals surface area contributed by atoms with Gasteiger partial charge in [-0.2, -0.15) is 0 Å². The molecule has 0 fully saturated rings. The Morgan fingerprint density at radius 3 is 2.29 bits per heavy atom. The maximum Gasteiger partial charge on any atom is 0.185 e. The second-order valence-electron chi connectivity index (χ2n) is 3.32. The monoisotopic (exact) mass is 193 g/mol. The minimum absolute atomic E-state index is 0.0805. The standard InChI is InChI=1S/C10H15N3O/c1-3-10(11,4-2)9(14)8-5-12-7-13-6-8/h5-7H,3-4,11H2,1-2H3. The Morgan fingerprint density at radius 1 is 1.36 bits per heavy atom. The maximum absolute atomic E-state index is 11.9. The topological polar surface area (TPSA) is 68.9 Å². The molecule has 4 heteroatoms. The molecule has 0 aliphatic rings. The summed E-state index contributed by atoms with van der Waals surface area (Å²) in [6, 6.07) is 0. The largest absolute Gasteiger partial charge is 0.319 e. The predicted molar refractivity (Wildman–Crippen MR) is 53.9 cm³/mol. The van der Waals surface area contributed by atoms with Crippen LogP contribution >= 0.6 is 0 Å². The molecule has 0 amide bonds. The molecule has 0 saturated heterocycles. The van der Waals surface area contributed by atoms with Crippen LogP contribution in [-0.2, 0) is 0 Å². The summed E-state index contributed by atoms with van der Waals surface area (Å²) in [5, 5.41) is 0. The van der Waals surface area contributed by atoms with E-state index in [1.165, 1.54) is 18.7 Å². The van der Waals surface area contributed by atoms with E-state index in [0.29, 0.717) is 18.4 Å². The van der Waals surface area contributed by atoms with Gasteiger partial charge in [-0.15, -0.1) is 0 Å². The lowest BCUT2D eigenvalue weighted by Crippen LogP contribution is -2.46. The summed E-state index contributed by atoms with van der Waals surface area (Å²) in [4.78, 5) is 19.5. The zero-order valence-electron chi connectivity index (χ0n) is 8.53. The lowest BCUT2D eigenvalue weighted by molar-refractivity contribution is 0.0879. The molecular formula is C10H15N3O. The molecule has 0 spiro atoms. The van der Waals surface area contributed by atoms with Crippen LogP contribution < -0.4 is 5.73 Å². The Hall–Kier alpha value is -1.29. The Balaban J connectivity index is 2.95. The Kier molecular flexibility index (Phi) is 3.30. The average Bonchev–Trinajstić information content (AvgIpc) is 2.28. The number of aromatic nitrogens is 2. The van der Waals surface area contributed by atoms with Crippen LogP contribution in [0, 0.1) is 0 Å². The van der Waals surface area contributed by atoms with Gasteiger partial charge in [-0.25, -0.2) is 9.97 Å². The second-order valence-corrected chi connectivity index (χ2v) is 3.32. The number of nitrogens with two attached hydrogens (primary N) is 1. The summed E-state index contributed by atoms with van der Waals surface area (Å²) in [6.07, 6.45) is 5.64. The quantitative estimate of drug-likeness (QED) is 0.729. The van der Waals surface area contributed by atoms with Crippen molar-refractivity contribution in [3.05, 3.63) is 24.3 Å². The number of nitrogens with zero attached hydrogens (tertiary/aromatic N) is 2. The fraction of sp³-hybridized carbons (Fsp3) is 0.500. The molecule has 0 radical (unpaired) electrons. The number of carbonyl (C=O) groups is 1. The summed E-state index contributed by atoms with van der Waals surface area (Å²) >= 11 is 0. The summed E-state index contributed by atoms with van der Waals surface area (Å²) in [5.41, 5.74) is 5.68. The van der Waals surface area contributed by atoms with Crippen LogP contribution in [0.1, 0.15) is 37.0 Å². The highest BCUT2D eigenvalue weighted by molar-refractivity contribution is 6.02. The third kappa shape index (κ3) is 1.96. The van der Waals surface area contributed by atoms with E-state index in [4.69, 9.17) is 5.73 Å². The molecule has 1 aromatic heterocycles. The van der Waals surface area contributed by atoms with Crippen molar-refractivity contribution in [3.63, 3.8) is 0 Å². The summed E-state index contributed by atoms with van der Waals surface area (Å²) in [5.74, 6) is -0.0805. The molecule has 0 aliphatic carbocycles. The molecule has 0 aromatic carbocycles. The van der Waals surface area contributed by atoms with Crippen molar-refractivity contribution in [2.24, 2.45) is 5.73 Å². The Morgan fingerprint density at radius 2 is 1.86 bits per heavy atom.